The second kappa shape index (κ2) is 11.0. The van der Waals surface area contributed by atoms with Crippen LogP contribution in [0.5, 0.6) is 0 Å². The Morgan fingerprint density at radius 2 is 1.90 bits per heavy atom. The maximum atomic E-state index is 11.3. The molecule has 0 saturated heterocycles. The van der Waals surface area contributed by atoms with Crippen LogP contribution < -0.4 is 15.5 Å². The van der Waals surface area contributed by atoms with Gasteiger partial charge in [0, 0.05) is 83.8 Å². The Kier molecular flexibility index (Phi) is 7.15. The first-order valence-corrected chi connectivity index (χ1v) is 15.2. The summed E-state index contributed by atoms with van der Waals surface area (Å²) in [5.41, 5.74) is 7.56. The largest absolute Gasteiger partial charge is 0.448 e. The molecule has 0 radical (unpaired) electrons. The number of nitrogens with one attached hydrogen (secondary N) is 2. The first-order valence-electron chi connectivity index (χ1n) is 13.2. The van der Waals surface area contributed by atoms with Gasteiger partial charge in [-0.25, -0.2) is 8.42 Å². The molecule has 0 amide bonds. The minimum absolute atomic E-state index is 0.111. The van der Waals surface area contributed by atoms with Crippen molar-refractivity contribution in [3.8, 4) is 0 Å². The van der Waals surface area contributed by atoms with E-state index >= 15 is 0 Å². The molecule has 5 aromatic rings. The van der Waals surface area contributed by atoms with Gasteiger partial charge in [0.1, 0.15) is 9.84 Å². The summed E-state index contributed by atoms with van der Waals surface area (Å²) in [6.07, 6.45) is 12.9. The van der Waals surface area contributed by atoms with E-state index in [1.54, 1.807) is 6.26 Å². The summed E-state index contributed by atoms with van der Waals surface area (Å²) in [4.78, 5) is 6.51. The predicted octanol–water partition coefficient (Wildman–Crippen LogP) is 5.55. The number of pyridine rings is 1. The maximum Gasteiger partial charge on any atom is 0.199 e. The Hall–Kier alpha value is -4.34. The van der Waals surface area contributed by atoms with Gasteiger partial charge >= 0.3 is 0 Å². The number of aromatic nitrogens is 2. The fourth-order valence-corrected chi connectivity index (χ4v) is 5.44. The lowest BCUT2D eigenvalue weighted by Crippen LogP contribution is -2.22. The Balaban J connectivity index is 1.15. The van der Waals surface area contributed by atoms with Crippen LogP contribution in [0.1, 0.15) is 22.3 Å². The zero-order chi connectivity index (χ0) is 27.5. The van der Waals surface area contributed by atoms with Gasteiger partial charge in [0.05, 0.1) is 30.4 Å². The molecule has 2 N–H and O–H groups in total. The third-order valence-electron chi connectivity index (χ3n) is 7.00. The summed E-state index contributed by atoms with van der Waals surface area (Å²) in [5.74, 6) is 0.838. The van der Waals surface area contributed by atoms with Crippen molar-refractivity contribution in [3.05, 3.63) is 114 Å². The first-order chi connectivity index (χ1) is 19.4. The van der Waals surface area contributed by atoms with Gasteiger partial charge in [0.25, 0.3) is 0 Å². The maximum absolute atomic E-state index is 11.3. The zero-order valence-electron chi connectivity index (χ0n) is 22.2. The highest BCUT2D eigenvalue weighted by atomic mass is 32.2. The number of nitrogens with zero attached hydrogens (tertiary/aromatic N) is 3. The summed E-state index contributed by atoms with van der Waals surface area (Å²) in [5, 5.41) is 7.92. The third-order valence-corrected chi connectivity index (χ3v) is 7.95. The monoisotopic (exact) mass is 553 g/mol. The van der Waals surface area contributed by atoms with Gasteiger partial charge in [0.15, 0.2) is 5.88 Å². The normalized spacial score (nSPS) is 13.1. The second-order valence-electron chi connectivity index (χ2n) is 10.1. The number of rotatable bonds is 10. The zero-order valence-corrected chi connectivity index (χ0v) is 23.1. The molecule has 0 spiro atoms. The summed E-state index contributed by atoms with van der Waals surface area (Å²) in [6.45, 7) is 2.41. The molecule has 0 unspecified atom stereocenters. The van der Waals surface area contributed by atoms with Crippen molar-refractivity contribution in [2.24, 2.45) is 0 Å². The van der Waals surface area contributed by atoms with Crippen molar-refractivity contribution >= 4 is 44.1 Å². The van der Waals surface area contributed by atoms with Crippen LogP contribution in [0, 0.1) is 0 Å². The van der Waals surface area contributed by atoms with Crippen LogP contribution in [-0.2, 0) is 29.5 Å². The Morgan fingerprint density at radius 1 is 1.02 bits per heavy atom. The quantitative estimate of drug-likeness (QED) is 0.219. The lowest BCUT2D eigenvalue weighted by molar-refractivity contribution is 0.554. The van der Waals surface area contributed by atoms with Crippen molar-refractivity contribution in [1.82, 2.24) is 14.9 Å². The average molecular weight is 554 g/mol. The number of furan rings is 1. The van der Waals surface area contributed by atoms with E-state index in [4.69, 9.17) is 4.42 Å². The molecule has 6 rings (SSSR count). The lowest BCUT2D eigenvalue weighted by Gasteiger charge is -2.25. The van der Waals surface area contributed by atoms with E-state index in [1.807, 2.05) is 36.8 Å². The van der Waals surface area contributed by atoms with E-state index in [1.165, 1.54) is 22.7 Å². The van der Waals surface area contributed by atoms with Gasteiger partial charge in [0.2, 0.25) is 0 Å². The second-order valence-corrected chi connectivity index (χ2v) is 12.4. The van der Waals surface area contributed by atoms with Crippen molar-refractivity contribution in [2.75, 3.05) is 28.8 Å². The molecular weight excluding hydrogens is 522 g/mol. The van der Waals surface area contributed by atoms with E-state index in [2.05, 4.69) is 79.8 Å². The number of hydrogen-bond acceptors (Lipinski definition) is 7. The molecule has 1 aliphatic heterocycles. The molecule has 0 fully saturated rings. The first kappa shape index (κ1) is 25.9. The van der Waals surface area contributed by atoms with Crippen molar-refractivity contribution in [1.29, 1.82) is 0 Å². The minimum Gasteiger partial charge on any atom is -0.448 e. The molecule has 4 heterocycles. The third kappa shape index (κ3) is 5.95. The highest BCUT2D eigenvalue weighted by molar-refractivity contribution is 7.90. The van der Waals surface area contributed by atoms with Gasteiger partial charge < -0.3 is 24.5 Å². The number of fused-ring (bicyclic) bond motifs is 2. The minimum atomic E-state index is -2.98. The van der Waals surface area contributed by atoms with E-state index in [0.29, 0.717) is 19.6 Å². The van der Waals surface area contributed by atoms with Crippen LogP contribution >= 0.6 is 0 Å². The van der Waals surface area contributed by atoms with Crippen molar-refractivity contribution < 1.29 is 12.8 Å². The van der Waals surface area contributed by atoms with Gasteiger partial charge in [-0.1, -0.05) is 30.3 Å². The smallest absolute Gasteiger partial charge is 0.199 e. The molecule has 204 valence electrons. The van der Waals surface area contributed by atoms with E-state index < -0.39 is 9.84 Å². The van der Waals surface area contributed by atoms with Crippen LogP contribution in [0.2, 0.25) is 0 Å². The highest BCUT2D eigenvalue weighted by Crippen LogP contribution is 2.32. The summed E-state index contributed by atoms with van der Waals surface area (Å²) in [6, 6.07) is 21.0. The standard InChI is InChI=1S/C31H31N5O3S/c1-40(37,38)14-11-32-17-24-15-31(39-22-24)36-13-10-26-18-33-19-29(28(26)21-36)34-27-7-8-30-25(16-27)9-12-35(30)20-23-5-3-2-4-6-23/h2-10,12-13,15-16,18-19,22,32,34H,11,14,17,20-21H2,1H3. The lowest BCUT2D eigenvalue weighted by atomic mass is 10.0. The highest BCUT2D eigenvalue weighted by Gasteiger charge is 2.19. The van der Waals surface area contributed by atoms with Crippen molar-refractivity contribution in [2.45, 2.75) is 19.6 Å². The molecule has 1 aliphatic rings. The van der Waals surface area contributed by atoms with Crippen LogP contribution in [-0.4, -0.2) is 36.5 Å². The molecule has 0 atom stereocenters. The molecule has 40 heavy (non-hydrogen) atoms. The van der Waals surface area contributed by atoms with Crippen LogP contribution in [0.4, 0.5) is 17.3 Å². The Bertz CT molecular complexity index is 1770. The van der Waals surface area contributed by atoms with E-state index in [-0.39, 0.29) is 5.75 Å². The Morgan fingerprint density at radius 3 is 2.75 bits per heavy atom. The van der Waals surface area contributed by atoms with Crippen LogP contribution in [0.3, 0.4) is 0 Å². The summed E-state index contributed by atoms with van der Waals surface area (Å²) in [7, 11) is -2.98. The fourth-order valence-electron chi connectivity index (χ4n) is 4.92. The van der Waals surface area contributed by atoms with E-state index in [0.717, 1.165) is 40.5 Å². The SMILES string of the molecule is CS(=O)(=O)CCNCc1coc(N2C=Cc3cncc(Nc4ccc5c(ccn5Cc5ccccc5)c4)c3C2)c1. The van der Waals surface area contributed by atoms with Gasteiger partial charge in [-0.15, -0.1) is 0 Å². The van der Waals surface area contributed by atoms with Gasteiger partial charge in [-0.05, 0) is 35.9 Å². The number of hydrogen-bond donors (Lipinski definition) is 2. The number of sulfone groups is 1. The van der Waals surface area contributed by atoms with Crippen LogP contribution in [0.15, 0.2) is 96.1 Å². The average Bonchev–Trinajstić information content (AvgIpc) is 3.58. The molecule has 0 bridgehead atoms. The molecule has 9 heteroatoms. The molecule has 8 nitrogen and oxygen atoms in total. The number of anilines is 3. The van der Waals surface area contributed by atoms with Crippen LogP contribution in [0.25, 0.3) is 17.0 Å². The summed E-state index contributed by atoms with van der Waals surface area (Å²) < 4.78 is 30.8. The fraction of sp³-hybridized carbons (Fsp3) is 0.194. The number of benzene rings is 2. The molecule has 2 aromatic carbocycles. The molecule has 0 saturated carbocycles. The predicted molar refractivity (Wildman–Crippen MR) is 160 cm³/mol. The van der Waals surface area contributed by atoms with Gasteiger partial charge in [-0.2, -0.15) is 0 Å². The molecular formula is C31H31N5O3S. The van der Waals surface area contributed by atoms with E-state index in [9.17, 15) is 8.42 Å². The van der Waals surface area contributed by atoms with Gasteiger partial charge in [-0.3, -0.25) is 4.98 Å². The van der Waals surface area contributed by atoms with Crippen molar-refractivity contribution in [3.63, 3.8) is 0 Å². The summed E-state index contributed by atoms with van der Waals surface area (Å²) >= 11 is 0. The topological polar surface area (TPSA) is 92.4 Å². The Labute approximate surface area is 233 Å². The molecule has 3 aromatic heterocycles. The molecule has 0 aliphatic carbocycles.